The number of carbonyl (C=O) groups is 2. The first-order valence-electron chi connectivity index (χ1n) is 12.8. The number of benzene rings is 2. The number of halogens is 1. The monoisotopic (exact) mass is 497 g/mol. The minimum absolute atomic E-state index is 0.257. The summed E-state index contributed by atoms with van der Waals surface area (Å²) in [5.41, 5.74) is 2.35. The molecule has 1 saturated heterocycles. The number of anilines is 3. The number of hydrogen-bond donors (Lipinski definition) is 3. The third kappa shape index (κ3) is 5.48. The molecule has 2 fully saturated rings. The van der Waals surface area contributed by atoms with Crippen molar-refractivity contribution in [1.29, 1.82) is 0 Å². The summed E-state index contributed by atoms with van der Waals surface area (Å²) in [5.74, 6) is -0.816. The number of carbonyl (C=O) groups excluding carboxylic acids is 1. The summed E-state index contributed by atoms with van der Waals surface area (Å²) in [6.45, 7) is 8.21. The van der Waals surface area contributed by atoms with Crippen molar-refractivity contribution in [2.24, 2.45) is 5.92 Å². The molecule has 8 heteroatoms. The van der Waals surface area contributed by atoms with Gasteiger partial charge in [-0.1, -0.05) is 26.3 Å². The molecule has 0 atom stereocenters. The van der Waals surface area contributed by atoms with E-state index in [1.165, 1.54) is 18.2 Å². The van der Waals surface area contributed by atoms with E-state index in [0.29, 0.717) is 54.5 Å². The van der Waals surface area contributed by atoms with Gasteiger partial charge in [0, 0.05) is 31.5 Å². The normalized spacial score (nSPS) is 17.4. The maximum absolute atomic E-state index is 13.5. The third-order valence-electron chi connectivity index (χ3n) is 7.35. The zero-order valence-corrected chi connectivity index (χ0v) is 21.3. The fourth-order valence-electron chi connectivity index (χ4n) is 5.22. The lowest BCUT2D eigenvalue weighted by Crippen LogP contribution is -2.43. The number of carboxylic acid groups (broad SMARTS) is 1. The van der Waals surface area contributed by atoms with Gasteiger partial charge in [0.05, 0.1) is 16.8 Å². The fraction of sp³-hybridized carbons (Fsp3) is 0.500. The lowest BCUT2D eigenvalue weighted by atomic mass is 9.64. The Labute approximate surface area is 212 Å². The number of nitrogens with zero attached hydrogens (tertiary/aromatic N) is 1. The minimum Gasteiger partial charge on any atom is -0.481 e. The van der Waals surface area contributed by atoms with E-state index >= 15 is 0 Å². The van der Waals surface area contributed by atoms with Crippen LogP contribution < -0.4 is 15.5 Å². The van der Waals surface area contributed by atoms with Gasteiger partial charge in [0.15, 0.2) is 0 Å². The molecule has 0 unspecified atom stereocenters. The lowest BCUT2D eigenvalue weighted by molar-refractivity contribution is -0.147. The second kappa shape index (κ2) is 10.9. The molecule has 3 N–H and O–H groups in total. The Hall–Kier alpha value is -3.13. The second-order valence-electron chi connectivity index (χ2n) is 10.4. The SMILES string of the molecule is Cc1cc(F)ccc1NC(=O)Nc1cc(C2(C(=O)O)CCC2)ccc1N(CC(C)C)C1CCOCC1. The predicted octanol–water partition coefficient (Wildman–Crippen LogP) is 5.93. The zero-order valence-electron chi connectivity index (χ0n) is 21.3. The van der Waals surface area contributed by atoms with Crippen LogP contribution in [0.2, 0.25) is 0 Å². The topological polar surface area (TPSA) is 90.9 Å². The van der Waals surface area contributed by atoms with Gasteiger partial charge in [-0.3, -0.25) is 4.79 Å². The fourth-order valence-corrected chi connectivity index (χ4v) is 5.22. The van der Waals surface area contributed by atoms with Crippen LogP contribution in [-0.2, 0) is 14.9 Å². The van der Waals surface area contributed by atoms with E-state index in [9.17, 15) is 19.1 Å². The molecule has 1 aliphatic carbocycles. The van der Waals surface area contributed by atoms with E-state index in [-0.39, 0.29) is 11.9 Å². The number of aliphatic carboxylic acids is 1. The molecule has 1 heterocycles. The minimum atomic E-state index is -0.916. The molecule has 0 aromatic heterocycles. The van der Waals surface area contributed by atoms with Gasteiger partial charge in [-0.15, -0.1) is 0 Å². The van der Waals surface area contributed by atoms with Crippen LogP contribution in [0.15, 0.2) is 36.4 Å². The molecule has 2 aromatic carbocycles. The van der Waals surface area contributed by atoms with Crippen LogP contribution in [0, 0.1) is 18.7 Å². The molecule has 2 aliphatic rings. The molecule has 2 aromatic rings. The smallest absolute Gasteiger partial charge is 0.323 e. The maximum atomic E-state index is 13.5. The first kappa shape index (κ1) is 25.9. The van der Waals surface area contributed by atoms with Gasteiger partial charge in [0.1, 0.15) is 5.82 Å². The van der Waals surface area contributed by atoms with E-state index in [0.717, 1.165) is 31.5 Å². The van der Waals surface area contributed by atoms with E-state index in [1.807, 2.05) is 18.2 Å². The average molecular weight is 498 g/mol. The molecule has 0 bridgehead atoms. The first-order chi connectivity index (χ1) is 17.2. The van der Waals surface area contributed by atoms with Crippen molar-refractivity contribution in [2.45, 2.75) is 64.3 Å². The summed E-state index contributed by atoms with van der Waals surface area (Å²) in [7, 11) is 0. The van der Waals surface area contributed by atoms with Crippen LogP contribution in [-0.4, -0.2) is 42.9 Å². The van der Waals surface area contributed by atoms with Crippen molar-refractivity contribution in [1.82, 2.24) is 0 Å². The van der Waals surface area contributed by atoms with Crippen LogP contribution in [0.25, 0.3) is 0 Å². The molecule has 7 nitrogen and oxygen atoms in total. The number of ether oxygens (including phenoxy) is 1. The van der Waals surface area contributed by atoms with E-state index in [2.05, 4.69) is 29.4 Å². The Morgan fingerprint density at radius 1 is 1.11 bits per heavy atom. The zero-order chi connectivity index (χ0) is 25.9. The highest BCUT2D eigenvalue weighted by molar-refractivity contribution is 6.02. The van der Waals surface area contributed by atoms with Crippen molar-refractivity contribution in [3.8, 4) is 0 Å². The van der Waals surface area contributed by atoms with Gasteiger partial charge in [-0.05, 0) is 80.0 Å². The van der Waals surface area contributed by atoms with E-state index in [1.54, 1.807) is 6.92 Å². The third-order valence-corrected chi connectivity index (χ3v) is 7.35. The summed E-state index contributed by atoms with van der Waals surface area (Å²) in [6.07, 6.45) is 3.79. The van der Waals surface area contributed by atoms with Gasteiger partial charge in [-0.2, -0.15) is 0 Å². The van der Waals surface area contributed by atoms with Crippen LogP contribution in [0.5, 0.6) is 0 Å². The Kier molecular flexibility index (Phi) is 7.83. The molecule has 1 saturated carbocycles. The number of carboxylic acids is 1. The van der Waals surface area contributed by atoms with Crippen molar-refractivity contribution in [2.75, 3.05) is 35.3 Å². The molecule has 0 spiro atoms. The van der Waals surface area contributed by atoms with Crippen LogP contribution in [0.1, 0.15) is 57.1 Å². The number of urea groups is 1. The highest BCUT2D eigenvalue weighted by Gasteiger charge is 2.46. The van der Waals surface area contributed by atoms with Gasteiger partial charge >= 0.3 is 12.0 Å². The standard InChI is InChI=1S/C28H36FN3O4/c1-18(2)17-32(22-9-13-36-14-10-22)25-8-5-20(28(26(33)34)11-4-12-28)16-24(25)31-27(35)30-23-7-6-21(29)15-19(23)3/h5-8,15-16,18,22H,4,9-14,17H2,1-3H3,(H,33,34)(H2,30,31,35). The van der Waals surface area contributed by atoms with Crippen LogP contribution in [0.4, 0.5) is 26.2 Å². The predicted molar refractivity (Wildman–Crippen MR) is 139 cm³/mol. The Bertz CT molecular complexity index is 1110. The quantitative estimate of drug-likeness (QED) is 0.421. The Morgan fingerprint density at radius 3 is 2.39 bits per heavy atom. The number of rotatable bonds is 8. The molecular weight excluding hydrogens is 461 g/mol. The Balaban J connectivity index is 1.70. The highest BCUT2D eigenvalue weighted by Crippen LogP contribution is 2.46. The largest absolute Gasteiger partial charge is 0.481 e. The number of amides is 2. The highest BCUT2D eigenvalue weighted by atomic mass is 19.1. The van der Waals surface area contributed by atoms with Crippen molar-refractivity contribution >= 4 is 29.1 Å². The summed E-state index contributed by atoms with van der Waals surface area (Å²) < 4.78 is 19.1. The first-order valence-corrected chi connectivity index (χ1v) is 12.8. The molecule has 4 rings (SSSR count). The van der Waals surface area contributed by atoms with Gasteiger partial charge < -0.3 is 25.4 Å². The van der Waals surface area contributed by atoms with Gasteiger partial charge in [0.2, 0.25) is 0 Å². The molecule has 0 radical (unpaired) electrons. The Morgan fingerprint density at radius 2 is 1.81 bits per heavy atom. The van der Waals surface area contributed by atoms with Crippen LogP contribution >= 0.6 is 0 Å². The number of hydrogen-bond acceptors (Lipinski definition) is 4. The summed E-state index contributed by atoms with van der Waals surface area (Å²) in [5, 5.41) is 15.8. The van der Waals surface area contributed by atoms with Crippen molar-refractivity contribution in [3.63, 3.8) is 0 Å². The lowest BCUT2D eigenvalue weighted by Gasteiger charge is -2.40. The number of nitrogens with one attached hydrogen (secondary N) is 2. The number of aryl methyl sites for hydroxylation is 1. The molecule has 194 valence electrons. The van der Waals surface area contributed by atoms with E-state index in [4.69, 9.17) is 4.74 Å². The van der Waals surface area contributed by atoms with Gasteiger partial charge in [-0.25, -0.2) is 9.18 Å². The van der Waals surface area contributed by atoms with Gasteiger partial charge in [0.25, 0.3) is 0 Å². The molecule has 1 aliphatic heterocycles. The molecular formula is C28H36FN3O4. The van der Waals surface area contributed by atoms with Crippen molar-refractivity contribution < 1.29 is 23.8 Å². The van der Waals surface area contributed by atoms with E-state index < -0.39 is 17.4 Å². The van der Waals surface area contributed by atoms with Crippen LogP contribution in [0.3, 0.4) is 0 Å². The summed E-state index contributed by atoms with van der Waals surface area (Å²) in [6, 6.07) is 9.68. The molecule has 36 heavy (non-hydrogen) atoms. The summed E-state index contributed by atoms with van der Waals surface area (Å²) >= 11 is 0. The maximum Gasteiger partial charge on any atom is 0.323 e. The average Bonchev–Trinajstić information content (AvgIpc) is 2.79. The second-order valence-corrected chi connectivity index (χ2v) is 10.4. The summed E-state index contributed by atoms with van der Waals surface area (Å²) in [4.78, 5) is 27.6. The molecule has 2 amide bonds. The van der Waals surface area contributed by atoms with Crippen molar-refractivity contribution in [3.05, 3.63) is 53.3 Å².